The number of aromatic nitrogens is 2. The minimum Gasteiger partial charge on any atom is -0.448 e. The smallest absolute Gasteiger partial charge is 0.297 e. The molecule has 2 heterocycles. The van der Waals surface area contributed by atoms with Crippen molar-refractivity contribution in [2.45, 2.75) is 32.7 Å². The minimum atomic E-state index is -0.338. The van der Waals surface area contributed by atoms with Gasteiger partial charge in [-0.25, -0.2) is 4.98 Å². The number of hydrogen-bond acceptors (Lipinski definition) is 4. The molecular weight excluding hydrogens is 294 g/mol. The van der Waals surface area contributed by atoms with Gasteiger partial charge >= 0.3 is 0 Å². The Morgan fingerprint density at radius 3 is 2.96 bits per heavy atom. The van der Waals surface area contributed by atoms with E-state index in [-0.39, 0.29) is 23.6 Å². The summed E-state index contributed by atoms with van der Waals surface area (Å²) in [4.78, 5) is 28.6. The molecule has 23 heavy (non-hydrogen) atoms. The molecule has 1 amide bonds. The van der Waals surface area contributed by atoms with Crippen molar-refractivity contribution in [1.29, 1.82) is 0 Å². The molecule has 1 aromatic carbocycles. The van der Waals surface area contributed by atoms with Crippen LogP contribution in [0, 0.1) is 0 Å². The number of para-hydroxylation sites is 1. The summed E-state index contributed by atoms with van der Waals surface area (Å²) < 4.78 is 6.87. The van der Waals surface area contributed by atoms with Crippen LogP contribution >= 0.6 is 0 Å². The molecule has 0 bridgehead atoms. The van der Waals surface area contributed by atoms with Crippen LogP contribution in [-0.2, 0) is 11.3 Å². The second-order valence-electron chi connectivity index (χ2n) is 5.51. The van der Waals surface area contributed by atoms with Crippen LogP contribution in [0.4, 0.5) is 0 Å². The molecule has 3 rings (SSSR count). The summed E-state index contributed by atoms with van der Waals surface area (Å²) in [6.07, 6.45) is 4.52. The zero-order valence-electron chi connectivity index (χ0n) is 13.0. The SMILES string of the molecule is CCCCCNC(=O)Cn1cnc2c(oc3ccccc32)c1=O. The molecule has 0 saturated heterocycles. The monoisotopic (exact) mass is 313 g/mol. The quantitative estimate of drug-likeness (QED) is 0.709. The van der Waals surface area contributed by atoms with Gasteiger partial charge < -0.3 is 9.73 Å². The third kappa shape index (κ3) is 3.11. The Kier molecular flexibility index (Phi) is 4.41. The number of nitrogens with zero attached hydrogens (tertiary/aromatic N) is 2. The maximum absolute atomic E-state index is 12.5. The number of carbonyl (C=O) groups is 1. The van der Waals surface area contributed by atoms with Crippen LogP contribution < -0.4 is 10.9 Å². The van der Waals surface area contributed by atoms with Crippen LogP contribution in [0.2, 0.25) is 0 Å². The summed E-state index contributed by atoms with van der Waals surface area (Å²) in [5.41, 5.74) is 1.00. The highest BCUT2D eigenvalue weighted by molar-refractivity contribution is 6.01. The Balaban J connectivity index is 1.82. The molecule has 1 N–H and O–H groups in total. The first-order chi connectivity index (χ1) is 11.2. The molecule has 0 unspecified atom stereocenters. The summed E-state index contributed by atoms with van der Waals surface area (Å²) in [6, 6.07) is 7.36. The van der Waals surface area contributed by atoms with Gasteiger partial charge in [-0.05, 0) is 18.6 Å². The van der Waals surface area contributed by atoms with Crippen molar-refractivity contribution < 1.29 is 9.21 Å². The van der Waals surface area contributed by atoms with E-state index >= 15 is 0 Å². The van der Waals surface area contributed by atoms with Gasteiger partial charge in [-0.1, -0.05) is 31.9 Å². The minimum absolute atomic E-state index is 0.0507. The van der Waals surface area contributed by atoms with Gasteiger partial charge in [0.05, 0.1) is 6.33 Å². The zero-order valence-corrected chi connectivity index (χ0v) is 13.0. The van der Waals surface area contributed by atoms with E-state index in [9.17, 15) is 9.59 Å². The van der Waals surface area contributed by atoms with E-state index in [4.69, 9.17) is 4.42 Å². The van der Waals surface area contributed by atoms with Crippen LogP contribution in [0.3, 0.4) is 0 Å². The predicted molar refractivity (Wildman–Crippen MR) is 88.3 cm³/mol. The van der Waals surface area contributed by atoms with Crippen molar-refractivity contribution in [3.63, 3.8) is 0 Å². The highest BCUT2D eigenvalue weighted by Gasteiger charge is 2.14. The molecule has 0 atom stereocenters. The lowest BCUT2D eigenvalue weighted by Crippen LogP contribution is -2.32. The number of carbonyl (C=O) groups excluding carboxylic acids is 1. The predicted octanol–water partition coefficient (Wildman–Crippen LogP) is 2.45. The fraction of sp³-hybridized carbons (Fsp3) is 0.353. The Labute approximate surface area is 133 Å². The first-order valence-electron chi connectivity index (χ1n) is 7.84. The maximum Gasteiger partial charge on any atom is 0.297 e. The Hall–Kier alpha value is -2.63. The summed E-state index contributed by atoms with van der Waals surface area (Å²) in [5.74, 6) is -0.194. The molecule has 3 aromatic rings. The molecule has 6 heteroatoms. The van der Waals surface area contributed by atoms with Gasteiger partial charge in [0, 0.05) is 11.9 Å². The number of nitrogens with one attached hydrogen (secondary N) is 1. The van der Waals surface area contributed by atoms with Crippen molar-refractivity contribution in [1.82, 2.24) is 14.9 Å². The average Bonchev–Trinajstić information content (AvgIpc) is 2.94. The van der Waals surface area contributed by atoms with Crippen LogP contribution in [0.1, 0.15) is 26.2 Å². The summed E-state index contributed by atoms with van der Waals surface area (Å²) in [6.45, 7) is 2.68. The normalized spacial score (nSPS) is 11.2. The average molecular weight is 313 g/mol. The van der Waals surface area contributed by atoms with Gasteiger partial charge in [-0.3, -0.25) is 14.2 Å². The van der Waals surface area contributed by atoms with Crippen molar-refractivity contribution in [3.8, 4) is 0 Å². The van der Waals surface area contributed by atoms with Crippen LogP contribution in [-0.4, -0.2) is 22.0 Å². The lowest BCUT2D eigenvalue weighted by molar-refractivity contribution is -0.121. The molecule has 0 radical (unpaired) electrons. The third-order valence-corrected chi connectivity index (χ3v) is 3.77. The number of benzene rings is 1. The van der Waals surface area contributed by atoms with Gasteiger partial charge in [0.2, 0.25) is 11.5 Å². The Bertz CT molecular complexity index is 895. The second kappa shape index (κ2) is 6.64. The Morgan fingerprint density at radius 1 is 1.30 bits per heavy atom. The van der Waals surface area contributed by atoms with Crippen LogP contribution in [0.15, 0.2) is 39.8 Å². The second-order valence-corrected chi connectivity index (χ2v) is 5.51. The first-order valence-corrected chi connectivity index (χ1v) is 7.84. The molecule has 0 spiro atoms. The molecule has 0 aliphatic heterocycles. The number of unbranched alkanes of at least 4 members (excludes halogenated alkanes) is 2. The highest BCUT2D eigenvalue weighted by atomic mass is 16.3. The number of fused-ring (bicyclic) bond motifs is 3. The van der Waals surface area contributed by atoms with E-state index in [0.29, 0.717) is 17.6 Å². The van der Waals surface area contributed by atoms with Crippen molar-refractivity contribution in [3.05, 3.63) is 40.9 Å². The standard InChI is InChI=1S/C17H19N3O3/c1-2-3-6-9-18-14(21)10-20-11-19-15-12-7-4-5-8-13(12)23-16(15)17(20)22/h4-5,7-8,11H,2-3,6,9-10H2,1H3,(H,18,21). The first kappa shape index (κ1) is 15.3. The van der Waals surface area contributed by atoms with Gasteiger partial charge in [-0.2, -0.15) is 0 Å². The number of hydrogen-bond donors (Lipinski definition) is 1. The zero-order chi connectivity index (χ0) is 16.2. The number of furan rings is 1. The van der Waals surface area contributed by atoms with E-state index in [1.165, 1.54) is 10.9 Å². The Morgan fingerprint density at radius 2 is 2.13 bits per heavy atom. The molecule has 0 aliphatic carbocycles. The van der Waals surface area contributed by atoms with Gasteiger partial charge in [0.1, 0.15) is 17.6 Å². The van der Waals surface area contributed by atoms with Crippen molar-refractivity contribution in [2.24, 2.45) is 0 Å². The topological polar surface area (TPSA) is 77.1 Å². The molecule has 0 saturated carbocycles. The van der Waals surface area contributed by atoms with Gasteiger partial charge in [-0.15, -0.1) is 0 Å². The van der Waals surface area contributed by atoms with Gasteiger partial charge in [0.25, 0.3) is 5.56 Å². The van der Waals surface area contributed by atoms with Gasteiger partial charge in [0.15, 0.2) is 0 Å². The molecule has 0 aliphatic rings. The number of amides is 1. The third-order valence-electron chi connectivity index (χ3n) is 3.77. The molecule has 2 aromatic heterocycles. The molecule has 120 valence electrons. The van der Waals surface area contributed by atoms with Crippen molar-refractivity contribution in [2.75, 3.05) is 6.54 Å². The molecule has 6 nitrogen and oxygen atoms in total. The van der Waals surface area contributed by atoms with Crippen molar-refractivity contribution >= 4 is 28.0 Å². The van der Waals surface area contributed by atoms with E-state index in [1.54, 1.807) is 6.07 Å². The fourth-order valence-corrected chi connectivity index (χ4v) is 2.54. The largest absolute Gasteiger partial charge is 0.448 e. The molecule has 0 fully saturated rings. The van der Waals surface area contributed by atoms with E-state index in [1.807, 2.05) is 18.2 Å². The van der Waals surface area contributed by atoms with E-state index in [2.05, 4.69) is 17.2 Å². The van der Waals surface area contributed by atoms with E-state index in [0.717, 1.165) is 24.6 Å². The van der Waals surface area contributed by atoms with Crippen LogP contribution in [0.25, 0.3) is 22.1 Å². The van der Waals surface area contributed by atoms with Crippen LogP contribution in [0.5, 0.6) is 0 Å². The maximum atomic E-state index is 12.5. The summed E-state index contributed by atoms with van der Waals surface area (Å²) in [7, 11) is 0. The number of rotatable bonds is 6. The molecular formula is C17H19N3O3. The lowest BCUT2D eigenvalue weighted by Gasteiger charge is -2.06. The summed E-state index contributed by atoms with van der Waals surface area (Å²) in [5, 5.41) is 3.61. The lowest BCUT2D eigenvalue weighted by atomic mass is 10.2. The fourth-order valence-electron chi connectivity index (χ4n) is 2.54. The van der Waals surface area contributed by atoms with E-state index < -0.39 is 0 Å². The summed E-state index contributed by atoms with van der Waals surface area (Å²) >= 11 is 0. The highest BCUT2D eigenvalue weighted by Crippen LogP contribution is 2.23.